The number of halogens is 1. The van der Waals surface area contributed by atoms with Crippen molar-refractivity contribution in [3.8, 4) is 17.2 Å². The first-order chi connectivity index (χ1) is 25.1. The van der Waals surface area contributed by atoms with Crippen molar-refractivity contribution in [1.29, 1.82) is 5.26 Å². The highest BCUT2D eigenvalue weighted by Gasteiger charge is 2.29. The summed E-state index contributed by atoms with van der Waals surface area (Å²) in [6.45, 7) is 8.72. The van der Waals surface area contributed by atoms with Crippen LogP contribution in [0.25, 0.3) is 11.1 Å². The van der Waals surface area contributed by atoms with Crippen LogP contribution < -0.4 is 10.6 Å². The fourth-order valence-electron chi connectivity index (χ4n) is 8.20. The van der Waals surface area contributed by atoms with Crippen molar-refractivity contribution in [3.63, 3.8) is 0 Å². The first-order valence-electron chi connectivity index (χ1n) is 18.6. The molecular formula is C40H48ClN9O2. The summed E-state index contributed by atoms with van der Waals surface area (Å²) in [7, 11) is 3.76. The van der Waals surface area contributed by atoms with E-state index in [4.69, 9.17) is 21.6 Å². The first-order valence-corrected chi connectivity index (χ1v) is 19.0. The predicted molar refractivity (Wildman–Crippen MR) is 203 cm³/mol. The van der Waals surface area contributed by atoms with Crippen LogP contribution in [0.2, 0.25) is 5.02 Å². The molecule has 7 rings (SSSR count). The Bertz CT molecular complexity index is 2030. The lowest BCUT2D eigenvalue weighted by atomic mass is 9.87. The number of carbonyl (C=O) groups is 2. The molecule has 2 aliphatic heterocycles. The number of nitrogens with zero attached hydrogens (tertiary/aromatic N) is 7. The maximum atomic E-state index is 13.7. The van der Waals surface area contributed by atoms with E-state index in [1.807, 2.05) is 23.2 Å². The molecule has 3 aliphatic rings. The highest BCUT2D eigenvalue weighted by atomic mass is 35.5. The Morgan fingerprint density at radius 2 is 1.46 bits per heavy atom. The van der Waals surface area contributed by atoms with Crippen molar-refractivity contribution in [1.82, 2.24) is 28.9 Å². The molecule has 2 amide bonds. The van der Waals surface area contributed by atoms with E-state index in [2.05, 4.69) is 40.4 Å². The van der Waals surface area contributed by atoms with Gasteiger partial charge in [0.25, 0.3) is 11.8 Å². The van der Waals surface area contributed by atoms with E-state index >= 15 is 0 Å². The van der Waals surface area contributed by atoms with Crippen LogP contribution in [0.5, 0.6) is 0 Å². The van der Waals surface area contributed by atoms with Crippen LogP contribution in [-0.4, -0.2) is 66.4 Å². The lowest BCUT2D eigenvalue weighted by Gasteiger charge is -2.29. The lowest BCUT2D eigenvalue weighted by molar-refractivity contribution is 0.100. The Labute approximate surface area is 311 Å². The minimum absolute atomic E-state index is 0.264. The van der Waals surface area contributed by atoms with Gasteiger partial charge in [-0.25, -0.2) is 9.97 Å². The maximum absolute atomic E-state index is 13.7. The van der Waals surface area contributed by atoms with Crippen LogP contribution in [0.1, 0.15) is 102 Å². The van der Waals surface area contributed by atoms with Gasteiger partial charge in [-0.3, -0.25) is 19.4 Å². The molecule has 0 unspecified atom stereocenters. The quantitative estimate of drug-likeness (QED) is 0.192. The van der Waals surface area contributed by atoms with Gasteiger partial charge in [0.2, 0.25) is 0 Å². The smallest absolute Gasteiger partial charge is 0.291 e. The summed E-state index contributed by atoms with van der Waals surface area (Å²) in [5.74, 6) is 0.737. The fourth-order valence-corrected chi connectivity index (χ4v) is 8.48. The fraction of sp³-hybridized carbons (Fsp3) is 0.475. The Hall–Kier alpha value is -4.50. The lowest BCUT2D eigenvalue weighted by Crippen LogP contribution is -2.36. The molecule has 1 aliphatic carbocycles. The molecule has 2 aromatic heterocycles. The summed E-state index contributed by atoms with van der Waals surface area (Å²) in [6, 6.07) is 13.3. The molecule has 4 aromatic rings. The van der Waals surface area contributed by atoms with Crippen LogP contribution in [0.15, 0.2) is 36.4 Å². The zero-order valence-corrected chi connectivity index (χ0v) is 31.4. The average molecular weight is 722 g/mol. The predicted octanol–water partition coefficient (Wildman–Crippen LogP) is 6.95. The van der Waals surface area contributed by atoms with E-state index in [0.29, 0.717) is 46.7 Å². The van der Waals surface area contributed by atoms with Crippen molar-refractivity contribution in [2.75, 3.05) is 30.3 Å². The summed E-state index contributed by atoms with van der Waals surface area (Å²) < 4.78 is 3.76. The van der Waals surface area contributed by atoms with Gasteiger partial charge < -0.3 is 19.8 Å². The van der Waals surface area contributed by atoms with Gasteiger partial charge in [-0.2, -0.15) is 5.26 Å². The number of carbonyl (C=O) groups excluding carboxylic acids is 2. The second kappa shape index (κ2) is 15.2. The number of amides is 2. The van der Waals surface area contributed by atoms with Gasteiger partial charge in [-0.05, 0) is 44.9 Å². The summed E-state index contributed by atoms with van der Waals surface area (Å²) in [4.78, 5) is 41.6. The maximum Gasteiger partial charge on any atom is 0.291 e. The SMILES string of the molecule is CC(C)N1CCc2c(nc(C(=O)Nc3cccc(-c4cccc(NC(=O)c5nc6c(n5C)CCN(CCC5CCCCC5)C6)c4C#N)c3Cl)n2C)C1. The summed E-state index contributed by atoms with van der Waals surface area (Å²) in [6.07, 6.45) is 9.67. The topological polar surface area (TPSA) is 124 Å². The molecule has 1 saturated carbocycles. The third-order valence-corrected chi connectivity index (χ3v) is 11.7. The molecule has 12 heteroatoms. The first kappa shape index (κ1) is 35.9. The number of rotatable bonds is 9. The summed E-state index contributed by atoms with van der Waals surface area (Å²) in [5, 5.41) is 16.6. The number of fused-ring (bicyclic) bond motifs is 2. The molecule has 2 N–H and O–H groups in total. The minimum atomic E-state index is -0.374. The number of nitrogens with one attached hydrogen (secondary N) is 2. The van der Waals surface area contributed by atoms with Crippen LogP contribution in [0.3, 0.4) is 0 Å². The largest absolute Gasteiger partial charge is 0.327 e. The third-order valence-electron chi connectivity index (χ3n) is 11.3. The highest BCUT2D eigenvalue weighted by molar-refractivity contribution is 6.36. The molecule has 0 bridgehead atoms. The Morgan fingerprint density at radius 1 is 0.865 bits per heavy atom. The zero-order valence-electron chi connectivity index (χ0n) is 30.6. The van der Waals surface area contributed by atoms with Crippen LogP contribution >= 0.6 is 11.6 Å². The van der Waals surface area contributed by atoms with Crippen LogP contribution in [-0.2, 0) is 40.0 Å². The molecule has 0 atom stereocenters. The molecule has 4 heterocycles. The Balaban J connectivity index is 1.07. The van der Waals surface area contributed by atoms with Crippen molar-refractivity contribution < 1.29 is 9.59 Å². The Morgan fingerprint density at radius 3 is 2.12 bits per heavy atom. The number of hydrogen-bond donors (Lipinski definition) is 2. The van der Waals surface area contributed by atoms with Gasteiger partial charge in [0.15, 0.2) is 11.6 Å². The number of hydrogen-bond acceptors (Lipinski definition) is 7. The average Bonchev–Trinajstić information content (AvgIpc) is 3.67. The molecule has 2 aromatic carbocycles. The molecular weight excluding hydrogens is 674 g/mol. The van der Waals surface area contributed by atoms with E-state index in [0.717, 1.165) is 67.7 Å². The number of nitriles is 1. The van der Waals surface area contributed by atoms with Gasteiger partial charge in [-0.15, -0.1) is 0 Å². The second-order valence-corrected chi connectivity index (χ2v) is 15.2. The van der Waals surface area contributed by atoms with Gasteiger partial charge in [-0.1, -0.05) is 68.0 Å². The monoisotopic (exact) mass is 721 g/mol. The van der Waals surface area contributed by atoms with Gasteiger partial charge in [0.05, 0.1) is 33.3 Å². The van der Waals surface area contributed by atoms with Gasteiger partial charge in [0, 0.05) is 81.7 Å². The van der Waals surface area contributed by atoms with E-state index < -0.39 is 0 Å². The number of aromatic nitrogens is 4. The second-order valence-electron chi connectivity index (χ2n) is 14.8. The number of imidazole rings is 2. The molecule has 0 spiro atoms. The van der Waals surface area contributed by atoms with Crippen molar-refractivity contribution in [2.45, 2.75) is 84.3 Å². The molecule has 1 fully saturated rings. The van der Waals surface area contributed by atoms with E-state index in [9.17, 15) is 14.9 Å². The highest BCUT2D eigenvalue weighted by Crippen LogP contribution is 2.38. The van der Waals surface area contributed by atoms with Gasteiger partial charge in [0.1, 0.15) is 6.07 Å². The van der Waals surface area contributed by atoms with Crippen molar-refractivity contribution in [2.24, 2.45) is 20.0 Å². The summed E-state index contributed by atoms with van der Waals surface area (Å²) in [5.41, 5.74) is 6.14. The van der Waals surface area contributed by atoms with Crippen molar-refractivity contribution >= 4 is 34.8 Å². The third kappa shape index (κ3) is 7.12. The zero-order chi connectivity index (χ0) is 36.5. The Kier molecular flexibility index (Phi) is 10.5. The van der Waals surface area contributed by atoms with Gasteiger partial charge >= 0.3 is 0 Å². The minimum Gasteiger partial charge on any atom is -0.327 e. The van der Waals surface area contributed by atoms with E-state index in [-0.39, 0.29) is 22.4 Å². The van der Waals surface area contributed by atoms with Crippen molar-refractivity contribution in [3.05, 3.63) is 81.4 Å². The standard InChI is InChI=1S/C40H48ClN9O2/c1-25(2)50-21-18-35-33(24-50)44-38(48(35)4)40(52)46-31-15-9-13-28(36(31)41)27-12-8-14-30(29(27)22-42)45-39(51)37-43-32-23-49(20-17-34(32)47(37)3)19-16-26-10-6-5-7-11-26/h8-9,12-15,25-26H,5-7,10-11,16-21,23-24H2,1-4H3,(H,45,51)(H,46,52). The molecule has 0 saturated heterocycles. The number of benzene rings is 2. The summed E-state index contributed by atoms with van der Waals surface area (Å²) >= 11 is 6.95. The molecule has 272 valence electrons. The van der Waals surface area contributed by atoms with E-state index in [1.54, 1.807) is 36.4 Å². The normalized spacial score (nSPS) is 16.7. The van der Waals surface area contributed by atoms with Crippen LogP contribution in [0.4, 0.5) is 11.4 Å². The van der Waals surface area contributed by atoms with E-state index in [1.165, 1.54) is 38.5 Å². The molecule has 0 radical (unpaired) electrons. The number of anilines is 2. The molecule has 52 heavy (non-hydrogen) atoms. The van der Waals surface area contributed by atoms with Crippen LogP contribution in [0, 0.1) is 17.2 Å². The molecule has 11 nitrogen and oxygen atoms in total.